The molecule has 0 spiro atoms. The van der Waals surface area contributed by atoms with E-state index >= 15 is 0 Å². The zero-order chi connectivity index (χ0) is 16.8. The van der Waals surface area contributed by atoms with Gasteiger partial charge in [0.2, 0.25) is 0 Å². The Morgan fingerprint density at radius 2 is 1.75 bits per heavy atom. The molecule has 1 fully saturated rings. The number of hydrogen-bond acceptors (Lipinski definition) is 4. The molecule has 5 nitrogen and oxygen atoms in total. The van der Waals surface area contributed by atoms with Gasteiger partial charge in [0.05, 0.1) is 13.2 Å². The Bertz CT molecular complexity index is 668. The first-order chi connectivity index (χ1) is 11.7. The first kappa shape index (κ1) is 16.6. The van der Waals surface area contributed by atoms with Gasteiger partial charge in [0.1, 0.15) is 5.75 Å². The van der Waals surface area contributed by atoms with Crippen LogP contribution in [0, 0.1) is 0 Å². The number of ether oxygens (including phenoxy) is 2. The number of nitrogens with one attached hydrogen (secondary N) is 1. The average Bonchev–Trinajstić information content (AvgIpc) is 2.63. The van der Waals surface area contributed by atoms with Crippen molar-refractivity contribution in [3.63, 3.8) is 0 Å². The second kappa shape index (κ2) is 8.04. The monoisotopic (exact) mass is 346 g/mol. The van der Waals surface area contributed by atoms with Gasteiger partial charge in [0.15, 0.2) is 6.61 Å². The summed E-state index contributed by atoms with van der Waals surface area (Å²) in [5, 5.41) is 3.45. The summed E-state index contributed by atoms with van der Waals surface area (Å²) in [7, 11) is 0. The number of amides is 1. The number of benzene rings is 2. The third kappa shape index (κ3) is 4.63. The van der Waals surface area contributed by atoms with Crippen LogP contribution in [0.3, 0.4) is 0 Å². The minimum Gasteiger partial charge on any atom is -0.484 e. The van der Waals surface area contributed by atoms with Gasteiger partial charge in [-0.3, -0.25) is 4.79 Å². The lowest BCUT2D eigenvalue weighted by atomic mass is 10.2. The van der Waals surface area contributed by atoms with Gasteiger partial charge in [-0.15, -0.1) is 0 Å². The smallest absolute Gasteiger partial charge is 0.262 e. The standard InChI is InChI=1S/C18H19ClN2O3/c19-14-1-7-17(8-2-14)24-13-18(22)20-15-3-5-16(6-4-15)21-9-11-23-12-10-21/h1-8H,9-13H2,(H,20,22). The second-order valence-corrected chi connectivity index (χ2v) is 5.87. The van der Waals surface area contributed by atoms with E-state index in [1.807, 2.05) is 24.3 Å². The summed E-state index contributed by atoms with van der Waals surface area (Å²) < 4.78 is 10.8. The van der Waals surface area contributed by atoms with Gasteiger partial charge in [-0.05, 0) is 48.5 Å². The molecule has 2 aromatic rings. The van der Waals surface area contributed by atoms with Crippen LogP contribution in [0.15, 0.2) is 48.5 Å². The molecule has 3 rings (SSSR count). The molecule has 0 aliphatic carbocycles. The summed E-state index contributed by atoms with van der Waals surface area (Å²) in [6.07, 6.45) is 0. The lowest BCUT2D eigenvalue weighted by Gasteiger charge is -2.28. The summed E-state index contributed by atoms with van der Waals surface area (Å²) in [6, 6.07) is 14.7. The van der Waals surface area contributed by atoms with Gasteiger partial charge in [-0.25, -0.2) is 0 Å². The largest absolute Gasteiger partial charge is 0.484 e. The predicted octanol–water partition coefficient (Wildman–Crippen LogP) is 3.19. The molecule has 0 aromatic heterocycles. The van der Waals surface area contributed by atoms with Gasteiger partial charge in [0, 0.05) is 29.5 Å². The van der Waals surface area contributed by atoms with E-state index in [1.54, 1.807) is 24.3 Å². The first-order valence-corrected chi connectivity index (χ1v) is 8.19. The van der Waals surface area contributed by atoms with Crippen LogP contribution >= 0.6 is 11.6 Å². The van der Waals surface area contributed by atoms with Crippen molar-refractivity contribution in [1.82, 2.24) is 0 Å². The van der Waals surface area contributed by atoms with Gasteiger partial charge < -0.3 is 19.7 Å². The highest BCUT2D eigenvalue weighted by Crippen LogP contribution is 2.19. The number of rotatable bonds is 5. The molecular formula is C18H19ClN2O3. The average molecular weight is 347 g/mol. The minimum atomic E-state index is -0.205. The van der Waals surface area contributed by atoms with E-state index in [9.17, 15) is 4.79 Å². The number of carbonyl (C=O) groups excluding carboxylic acids is 1. The predicted molar refractivity (Wildman–Crippen MR) is 95.1 cm³/mol. The third-order valence-corrected chi connectivity index (χ3v) is 3.96. The normalized spacial score (nSPS) is 14.3. The number of hydrogen-bond donors (Lipinski definition) is 1. The van der Waals surface area contributed by atoms with E-state index in [0.29, 0.717) is 10.8 Å². The van der Waals surface area contributed by atoms with E-state index in [1.165, 1.54) is 0 Å². The molecule has 2 aromatic carbocycles. The highest BCUT2D eigenvalue weighted by atomic mass is 35.5. The summed E-state index contributed by atoms with van der Waals surface area (Å²) in [5.41, 5.74) is 1.88. The third-order valence-electron chi connectivity index (χ3n) is 3.71. The zero-order valence-electron chi connectivity index (χ0n) is 13.2. The SMILES string of the molecule is O=C(COc1ccc(Cl)cc1)Nc1ccc(N2CCOCC2)cc1. The Morgan fingerprint density at radius 1 is 1.08 bits per heavy atom. The molecule has 1 aliphatic heterocycles. The quantitative estimate of drug-likeness (QED) is 0.903. The Hall–Kier alpha value is -2.24. The second-order valence-electron chi connectivity index (χ2n) is 5.44. The maximum Gasteiger partial charge on any atom is 0.262 e. The van der Waals surface area contributed by atoms with E-state index < -0.39 is 0 Å². The number of anilines is 2. The van der Waals surface area contributed by atoms with Crippen LogP contribution in [-0.4, -0.2) is 38.8 Å². The molecule has 1 aliphatic rings. The summed E-state index contributed by atoms with van der Waals surface area (Å²) >= 11 is 5.81. The van der Waals surface area contributed by atoms with Crippen molar-refractivity contribution in [2.75, 3.05) is 43.1 Å². The Kier molecular flexibility index (Phi) is 5.56. The van der Waals surface area contributed by atoms with E-state index in [0.717, 1.165) is 37.7 Å². The van der Waals surface area contributed by atoms with Crippen LogP contribution in [0.25, 0.3) is 0 Å². The Labute approximate surface area is 146 Å². The molecule has 0 atom stereocenters. The van der Waals surface area contributed by atoms with Crippen LogP contribution < -0.4 is 15.0 Å². The molecular weight excluding hydrogens is 328 g/mol. The molecule has 0 radical (unpaired) electrons. The Balaban J connectivity index is 1.49. The molecule has 1 heterocycles. The number of morpholine rings is 1. The van der Waals surface area contributed by atoms with Crippen molar-refractivity contribution < 1.29 is 14.3 Å². The van der Waals surface area contributed by atoms with Crippen LogP contribution in [-0.2, 0) is 9.53 Å². The molecule has 0 unspecified atom stereocenters. The van der Waals surface area contributed by atoms with E-state index in [2.05, 4.69) is 10.2 Å². The Morgan fingerprint density at radius 3 is 2.42 bits per heavy atom. The maximum absolute atomic E-state index is 12.0. The van der Waals surface area contributed by atoms with Crippen LogP contribution in [0.2, 0.25) is 5.02 Å². The van der Waals surface area contributed by atoms with Crippen molar-refractivity contribution in [1.29, 1.82) is 0 Å². The number of nitrogens with zero attached hydrogens (tertiary/aromatic N) is 1. The molecule has 0 bridgehead atoms. The van der Waals surface area contributed by atoms with Crippen LogP contribution in [0.1, 0.15) is 0 Å². The summed E-state index contributed by atoms with van der Waals surface area (Å²) in [6.45, 7) is 3.23. The number of carbonyl (C=O) groups is 1. The summed E-state index contributed by atoms with van der Waals surface area (Å²) in [4.78, 5) is 14.2. The fourth-order valence-corrected chi connectivity index (χ4v) is 2.58. The van der Waals surface area contributed by atoms with Crippen LogP contribution in [0.5, 0.6) is 5.75 Å². The van der Waals surface area contributed by atoms with Crippen LogP contribution in [0.4, 0.5) is 11.4 Å². The maximum atomic E-state index is 12.0. The van der Waals surface area contributed by atoms with Gasteiger partial charge in [-0.1, -0.05) is 11.6 Å². The molecule has 6 heteroatoms. The highest BCUT2D eigenvalue weighted by molar-refractivity contribution is 6.30. The molecule has 0 saturated carbocycles. The molecule has 1 saturated heterocycles. The minimum absolute atomic E-state index is 0.0488. The molecule has 1 amide bonds. The van der Waals surface area contributed by atoms with Crippen molar-refractivity contribution in [2.45, 2.75) is 0 Å². The molecule has 24 heavy (non-hydrogen) atoms. The van der Waals surface area contributed by atoms with Crippen molar-refractivity contribution in [3.8, 4) is 5.75 Å². The zero-order valence-corrected chi connectivity index (χ0v) is 14.0. The number of halogens is 1. The summed E-state index contributed by atoms with van der Waals surface area (Å²) in [5.74, 6) is 0.404. The topological polar surface area (TPSA) is 50.8 Å². The molecule has 1 N–H and O–H groups in total. The lowest BCUT2D eigenvalue weighted by Crippen LogP contribution is -2.36. The van der Waals surface area contributed by atoms with Crippen molar-refractivity contribution in [3.05, 3.63) is 53.6 Å². The lowest BCUT2D eigenvalue weighted by molar-refractivity contribution is -0.118. The van der Waals surface area contributed by atoms with Crippen molar-refractivity contribution >= 4 is 28.9 Å². The first-order valence-electron chi connectivity index (χ1n) is 7.82. The van der Waals surface area contributed by atoms with E-state index in [-0.39, 0.29) is 12.5 Å². The van der Waals surface area contributed by atoms with Gasteiger partial charge in [-0.2, -0.15) is 0 Å². The highest BCUT2D eigenvalue weighted by Gasteiger charge is 2.11. The fraction of sp³-hybridized carbons (Fsp3) is 0.278. The van der Waals surface area contributed by atoms with Gasteiger partial charge in [0.25, 0.3) is 5.91 Å². The molecule has 126 valence electrons. The fourth-order valence-electron chi connectivity index (χ4n) is 2.45. The van der Waals surface area contributed by atoms with E-state index in [4.69, 9.17) is 21.1 Å². The van der Waals surface area contributed by atoms with Gasteiger partial charge >= 0.3 is 0 Å². The van der Waals surface area contributed by atoms with Crippen molar-refractivity contribution in [2.24, 2.45) is 0 Å².